The summed E-state index contributed by atoms with van der Waals surface area (Å²) in [6.45, 7) is 7.15. The van der Waals surface area contributed by atoms with Crippen LogP contribution in [-0.2, 0) is 4.74 Å². The fraction of sp³-hybridized carbons (Fsp3) is 0.450. The smallest absolute Gasteiger partial charge is 0.341 e. The molecule has 27 heavy (non-hydrogen) atoms. The molecule has 3 rings (SSSR count). The molecule has 1 aliphatic heterocycles. The Bertz CT molecular complexity index is 822. The van der Waals surface area contributed by atoms with Gasteiger partial charge in [-0.2, -0.15) is 0 Å². The molecular formula is C20H25N3O4. The molecule has 0 spiro atoms. The van der Waals surface area contributed by atoms with Gasteiger partial charge in [0.1, 0.15) is 22.9 Å². The summed E-state index contributed by atoms with van der Waals surface area (Å²) in [5, 5.41) is 3.08. The zero-order valence-corrected chi connectivity index (χ0v) is 15.9. The van der Waals surface area contributed by atoms with E-state index in [9.17, 15) is 9.59 Å². The van der Waals surface area contributed by atoms with Crippen LogP contribution >= 0.6 is 0 Å². The van der Waals surface area contributed by atoms with E-state index in [2.05, 4.69) is 15.2 Å². The second-order valence-electron chi connectivity index (χ2n) is 6.66. The summed E-state index contributed by atoms with van der Waals surface area (Å²) in [5.74, 6) is 1.54. The minimum Gasteiger partial charge on any atom is -0.466 e. The van der Waals surface area contributed by atoms with Gasteiger partial charge in [0.25, 0.3) is 5.91 Å². The van der Waals surface area contributed by atoms with Crippen molar-refractivity contribution in [3.8, 4) is 0 Å². The van der Waals surface area contributed by atoms with Crippen molar-refractivity contribution in [3.05, 3.63) is 47.0 Å². The van der Waals surface area contributed by atoms with Gasteiger partial charge in [0, 0.05) is 25.3 Å². The summed E-state index contributed by atoms with van der Waals surface area (Å²) in [5.41, 5.74) is 1.07. The Morgan fingerprint density at radius 2 is 2.04 bits per heavy atom. The molecule has 2 aromatic heterocycles. The quantitative estimate of drug-likeness (QED) is 0.814. The molecule has 0 unspecified atom stereocenters. The van der Waals surface area contributed by atoms with Crippen LogP contribution in [0.5, 0.6) is 0 Å². The molecular weight excluding hydrogens is 346 g/mol. The molecule has 1 fully saturated rings. The summed E-state index contributed by atoms with van der Waals surface area (Å²) in [6.07, 6.45) is 3.23. The highest BCUT2D eigenvalue weighted by Crippen LogP contribution is 2.23. The maximum atomic E-state index is 12.5. The first kappa shape index (κ1) is 18.9. The van der Waals surface area contributed by atoms with Crippen molar-refractivity contribution in [2.24, 2.45) is 0 Å². The molecule has 0 bridgehead atoms. The van der Waals surface area contributed by atoms with E-state index >= 15 is 0 Å². The predicted molar refractivity (Wildman–Crippen MR) is 101 cm³/mol. The lowest BCUT2D eigenvalue weighted by Gasteiger charge is -2.33. The van der Waals surface area contributed by atoms with Gasteiger partial charge >= 0.3 is 5.97 Å². The number of nitrogens with one attached hydrogen (secondary N) is 1. The van der Waals surface area contributed by atoms with E-state index < -0.39 is 0 Å². The predicted octanol–water partition coefficient (Wildman–Crippen LogP) is 2.87. The second-order valence-corrected chi connectivity index (χ2v) is 6.66. The topological polar surface area (TPSA) is 84.7 Å². The molecule has 1 N–H and O–H groups in total. The summed E-state index contributed by atoms with van der Waals surface area (Å²) in [4.78, 5) is 31.1. The number of nitrogens with zero attached hydrogens (tertiary/aromatic N) is 2. The maximum Gasteiger partial charge on any atom is 0.341 e. The van der Waals surface area contributed by atoms with Gasteiger partial charge < -0.3 is 19.4 Å². The van der Waals surface area contributed by atoms with Gasteiger partial charge in [-0.05, 0) is 51.8 Å². The number of carbonyl (C=O) groups is 2. The highest BCUT2D eigenvalue weighted by Gasteiger charge is 2.26. The first-order valence-electron chi connectivity index (χ1n) is 9.24. The highest BCUT2D eigenvalue weighted by molar-refractivity contribution is 5.96. The molecule has 0 atom stereocenters. The summed E-state index contributed by atoms with van der Waals surface area (Å²) in [6, 6.07) is 5.31. The van der Waals surface area contributed by atoms with E-state index in [-0.39, 0.29) is 17.9 Å². The van der Waals surface area contributed by atoms with Crippen molar-refractivity contribution in [2.45, 2.75) is 39.7 Å². The van der Waals surface area contributed by atoms with Gasteiger partial charge in [-0.1, -0.05) is 0 Å². The van der Waals surface area contributed by atoms with Gasteiger partial charge in [-0.25, -0.2) is 9.78 Å². The number of esters is 1. The molecule has 7 nitrogen and oxygen atoms in total. The Balaban J connectivity index is 1.62. The van der Waals surface area contributed by atoms with Crippen LogP contribution in [-0.4, -0.2) is 42.6 Å². The zero-order chi connectivity index (χ0) is 19.4. The van der Waals surface area contributed by atoms with Crippen LogP contribution < -0.4 is 10.2 Å². The minimum atomic E-state index is -0.359. The third-order valence-electron chi connectivity index (χ3n) is 4.70. The molecule has 0 radical (unpaired) electrons. The van der Waals surface area contributed by atoms with E-state index in [1.165, 1.54) is 0 Å². The fourth-order valence-electron chi connectivity index (χ4n) is 3.37. The number of rotatable bonds is 5. The molecule has 1 saturated heterocycles. The van der Waals surface area contributed by atoms with Crippen LogP contribution in [0, 0.1) is 13.8 Å². The van der Waals surface area contributed by atoms with Crippen molar-refractivity contribution >= 4 is 17.7 Å². The number of pyridine rings is 1. The standard InChI is InChI=1S/C20H25N3O4/c1-4-26-20(25)16-6-5-9-21-18(16)23-10-7-15(8-11-23)22-19(24)17-12-13(2)27-14(17)3/h5-6,9,12,15H,4,7-8,10-11H2,1-3H3,(H,22,24). The van der Waals surface area contributed by atoms with Crippen molar-refractivity contribution in [1.29, 1.82) is 0 Å². The number of carbonyl (C=O) groups excluding carboxylic acids is 2. The third kappa shape index (κ3) is 4.30. The number of aromatic nitrogens is 1. The molecule has 0 saturated carbocycles. The molecule has 7 heteroatoms. The van der Waals surface area contributed by atoms with E-state index in [4.69, 9.17) is 9.15 Å². The Morgan fingerprint density at radius 1 is 1.30 bits per heavy atom. The average Bonchev–Trinajstić information content (AvgIpc) is 3.01. The molecule has 0 aromatic carbocycles. The minimum absolute atomic E-state index is 0.0816. The molecule has 1 aliphatic rings. The number of aryl methyl sites for hydroxylation is 2. The molecule has 0 aliphatic carbocycles. The number of hydrogen-bond acceptors (Lipinski definition) is 6. The largest absolute Gasteiger partial charge is 0.466 e. The first-order chi connectivity index (χ1) is 13.0. The van der Waals surface area contributed by atoms with E-state index in [0.29, 0.717) is 42.4 Å². The van der Waals surface area contributed by atoms with Crippen molar-refractivity contribution < 1.29 is 18.7 Å². The van der Waals surface area contributed by atoms with Gasteiger partial charge in [0.05, 0.1) is 12.2 Å². The number of furan rings is 1. The lowest BCUT2D eigenvalue weighted by Crippen LogP contribution is -2.45. The van der Waals surface area contributed by atoms with E-state index in [0.717, 1.165) is 18.6 Å². The van der Waals surface area contributed by atoms with Gasteiger partial charge in [-0.3, -0.25) is 4.79 Å². The number of hydrogen-bond donors (Lipinski definition) is 1. The van der Waals surface area contributed by atoms with Crippen molar-refractivity contribution in [3.63, 3.8) is 0 Å². The first-order valence-corrected chi connectivity index (χ1v) is 9.24. The van der Waals surface area contributed by atoms with Crippen molar-refractivity contribution in [2.75, 3.05) is 24.6 Å². The summed E-state index contributed by atoms with van der Waals surface area (Å²) < 4.78 is 10.6. The van der Waals surface area contributed by atoms with Crippen LogP contribution in [0.1, 0.15) is 52.0 Å². The summed E-state index contributed by atoms with van der Waals surface area (Å²) in [7, 11) is 0. The Hall–Kier alpha value is -2.83. The van der Waals surface area contributed by atoms with Gasteiger partial charge in [0.2, 0.25) is 0 Å². The number of anilines is 1. The second kappa shape index (κ2) is 8.24. The molecule has 144 valence electrons. The van der Waals surface area contributed by atoms with Crippen LogP contribution in [0.25, 0.3) is 0 Å². The Labute approximate surface area is 158 Å². The van der Waals surface area contributed by atoms with E-state index in [1.807, 2.05) is 6.92 Å². The number of amides is 1. The monoisotopic (exact) mass is 371 g/mol. The zero-order valence-electron chi connectivity index (χ0n) is 15.9. The number of ether oxygens (including phenoxy) is 1. The summed E-state index contributed by atoms with van der Waals surface area (Å²) >= 11 is 0. The van der Waals surface area contributed by atoms with Crippen LogP contribution in [0.2, 0.25) is 0 Å². The lowest BCUT2D eigenvalue weighted by molar-refractivity contribution is 0.0526. The third-order valence-corrected chi connectivity index (χ3v) is 4.70. The maximum absolute atomic E-state index is 12.5. The Kier molecular flexibility index (Phi) is 5.78. The number of piperidine rings is 1. The molecule has 3 heterocycles. The van der Waals surface area contributed by atoms with Crippen LogP contribution in [0.15, 0.2) is 28.8 Å². The molecule has 2 aromatic rings. The van der Waals surface area contributed by atoms with Gasteiger partial charge in [-0.15, -0.1) is 0 Å². The van der Waals surface area contributed by atoms with Gasteiger partial charge in [0.15, 0.2) is 0 Å². The molecule has 1 amide bonds. The van der Waals surface area contributed by atoms with Crippen molar-refractivity contribution in [1.82, 2.24) is 10.3 Å². The van der Waals surface area contributed by atoms with Crippen LogP contribution in [0.3, 0.4) is 0 Å². The highest BCUT2D eigenvalue weighted by atomic mass is 16.5. The average molecular weight is 371 g/mol. The fourth-order valence-corrected chi connectivity index (χ4v) is 3.37. The lowest BCUT2D eigenvalue weighted by atomic mass is 10.0. The van der Waals surface area contributed by atoms with E-state index in [1.54, 1.807) is 38.2 Å². The normalized spacial score (nSPS) is 14.9. The Morgan fingerprint density at radius 3 is 2.67 bits per heavy atom. The van der Waals surface area contributed by atoms with Crippen LogP contribution in [0.4, 0.5) is 5.82 Å². The SMILES string of the molecule is CCOC(=O)c1cccnc1N1CCC(NC(=O)c2cc(C)oc2C)CC1.